The van der Waals surface area contributed by atoms with E-state index in [0.29, 0.717) is 18.5 Å². The molecular weight excluding hydrogens is 464 g/mol. The number of rotatable bonds is 5. The van der Waals surface area contributed by atoms with Crippen molar-refractivity contribution in [1.29, 1.82) is 0 Å². The van der Waals surface area contributed by atoms with Gasteiger partial charge >= 0.3 is 0 Å². The number of carbonyl (C=O) groups excluding carboxylic acids is 1. The van der Waals surface area contributed by atoms with Crippen molar-refractivity contribution in [1.82, 2.24) is 10.1 Å². The lowest BCUT2D eigenvalue weighted by atomic mass is 9.94. The first kappa shape index (κ1) is 22.2. The standard InChI is InChI=1S/C26H28N4O4S/c1-15-24(16(2)34-28-15)17-11-20(25-21(12-17)27-14-30(25)18-9-10-18)26-22(13-23(31)29(26)3)35(32,33)19-7-5-4-6-8-19/h4-8,11-12,18,22,26-27H,9-10,13-14H2,1-3H3. The highest BCUT2D eigenvalue weighted by molar-refractivity contribution is 7.92. The van der Waals surface area contributed by atoms with Gasteiger partial charge < -0.3 is 19.6 Å². The number of sulfone groups is 1. The van der Waals surface area contributed by atoms with Crippen molar-refractivity contribution in [3.05, 3.63) is 59.5 Å². The number of nitrogens with one attached hydrogen (secondary N) is 1. The maximum absolute atomic E-state index is 13.8. The zero-order chi connectivity index (χ0) is 24.5. The summed E-state index contributed by atoms with van der Waals surface area (Å²) in [6.07, 6.45) is 2.17. The number of anilines is 2. The molecule has 1 amide bonds. The minimum absolute atomic E-state index is 0.0421. The summed E-state index contributed by atoms with van der Waals surface area (Å²) >= 11 is 0. The van der Waals surface area contributed by atoms with Crippen LogP contribution in [0.4, 0.5) is 11.4 Å². The maximum Gasteiger partial charge on any atom is 0.224 e. The Morgan fingerprint density at radius 3 is 2.51 bits per heavy atom. The van der Waals surface area contributed by atoms with Crippen molar-refractivity contribution in [2.24, 2.45) is 0 Å². The molecule has 1 N–H and O–H groups in total. The molecule has 0 radical (unpaired) electrons. The molecule has 2 atom stereocenters. The van der Waals surface area contributed by atoms with Crippen molar-refractivity contribution < 1.29 is 17.7 Å². The minimum atomic E-state index is -3.76. The molecule has 35 heavy (non-hydrogen) atoms. The second-order valence-corrected chi connectivity index (χ2v) is 11.9. The van der Waals surface area contributed by atoms with Crippen LogP contribution < -0.4 is 10.2 Å². The Bertz CT molecular complexity index is 1410. The summed E-state index contributed by atoms with van der Waals surface area (Å²) in [5.41, 5.74) is 5.39. The predicted molar refractivity (Wildman–Crippen MR) is 133 cm³/mol. The van der Waals surface area contributed by atoms with Gasteiger partial charge in [-0.2, -0.15) is 0 Å². The number of fused-ring (bicyclic) bond motifs is 1. The average molecular weight is 493 g/mol. The van der Waals surface area contributed by atoms with E-state index in [1.165, 1.54) is 0 Å². The zero-order valence-corrected chi connectivity index (χ0v) is 20.8. The summed E-state index contributed by atoms with van der Waals surface area (Å²) in [5.74, 6) is 0.537. The summed E-state index contributed by atoms with van der Waals surface area (Å²) in [4.78, 5) is 17.2. The molecule has 9 heteroatoms. The van der Waals surface area contributed by atoms with Crippen LogP contribution in [0.15, 0.2) is 51.9 Å². The van der Waals surface area contributed by atoms with Crippen LogP contribution in [0.2, 0.25) is 0 Å². The monoisotopic (exact) mass is 492 g/mol. The average Bonchev–Trinajstić information content (AvgIpc) is 3.41. The Labute approximate surface area is 204 Å². The second-order valence-electron chi connectivity index (χ2n) is 9.75. The van der Waals surface area contributed by atoms with Gasteiger partial charge in [0.25, 0.3) is 0 Å². The summed E-state index contributed by atoms with van der Waals surface area (Å²) < 4.78 is 33.1. The molecular formula is C26H28N4O4S. The van der Waals surface area contributed by atoms with Gasteiger partial charge in [-0.05, 0) is 56.5 Å². The van der Waals surface area contributed by atoms with E-state index in [4.69, 9.17) is 4.52 Å². The van der Waals surface area contributed by atoms with Crippen LogP contribution >= 0.6 is 0 Å². The number of amides is 1. The highest BCUT2D eigenvalue weighted by atomic mass is 32.2. The third-order valence-electron chi connectivity index (χ3n) is 7.50. The van der Waals surface area contributed by atoms with Crippen LogP contribution in [0.1, 0.15) is 42.3 Å². The van der Waals surface area contributed by atoms with E-state index in [1.54, 1.807) is 42.3 Å². The molecule has 3 aromatic rings. The Hall–Kier alpha value is -3.33. The normalized spacial score (nSPS) is 22.0. The summed E-state index contributed by atoms with van der Waals surface area (Å²) in [5, 5.41) is 6.75. The first-order valence-corrected chi connectivity index (χ1v) is 13.5. The third-order valence-corrected chi connectivity index (χ3v) is 9.65. The van der Waals surface area contributed by atoms with Crippen molar-refractivity contribution in [3.8, 4) is 11.1 Å². The highest BCUT2D eigenvalue weighted by Crippen LogP contribution is 2.50. The number of benzene rings is 2. The van der Waals surface area contributed by atoms with Gasteiger partial charge in [0.2, 0.25) is 5.91 Å². The van der Waals surface area contributed by atoms with Crippen LogP contribution in [0.5, 0.6) is 0 Å². The van der Waals surface area contributed by atoms with Gasteiger partial charge in [0, 0.05) is 30.6 Å². The SMILES string of the molecule is Cc1noc(C)c1-c1cc2c(c(C3C(S(=O)(=O)c4ccccc4)CC(=O)N3C)c1)N(C1CC1)CN2. The quantitative estimate of drug-likeness (QED) is 0.574. The van der Waals surface area contributed by atoms with Gasteiger partial charge in [-0.15, -0.1) is 0 Å². The van der Waals surface area contributed by atoms with Crippen LogP contribution in [0.25, 0.3) is 11.1 Å². The lowest BCUT2D eigenvalue weighted by Crippen LogP contribution is -2.33. The molecule has 2 unspecified atom stereocenters. The molecule has 0 bridgehead atoms. The van der Waals surface area contributed by atoms with E-state index in [0.717, 1.165) is 46.6 Å². The van der Waals surface area contributed by atoms with Gasteiger partial charge in [0.05, 0.1) is 39.9 Å². The number of aryl methyl sites for hydroxylation is 2. The van der Waals surface area contributed by atoms with E-state index in [-0.39, 0.29) is 17.2 Å². The predicted octanol–water partition coefficient (Wildman–Crippen LogP) is 4.06. The number of carbonyl (C=O) groups is 1. The number of hydrogen-bond donors (Lipinski definition) is 1. The topological polar surface area (TPSA) is 95.8 Å². The fourth-order valence-corrected chi connectivity index (χ4v) is 7.55. The molecule has 6 rings (SSSR count). The zero-order valence-electron chi connectivity index (χ0n) is 20.0. The molecule has 2 fully saturated rings. The lowest BCUT2D eigenvalue weighted by molar-refractivity contribution is -0.127. The molecule has 182 valence electrons. The van der Waals surface area contributed by atoms with E-state index in [9.17, 15) is 13.2 Å². The summed E-state index contributed by atoms with van der Waals surface area (Å²) in [6, 6.07) is 12.4. The molecule has 2 aliphatic heterocycles. The summed E-state index contributed by atoms with van der Waals surface area (Å²) in [7, 11) is -2.04. The van der Waals surface area contributed by atoms with Crippen molar-refractivity contribution in [3.63, 3.8) is 0 Å². The summed E-state index contributed by atoms with van der Waals surface area (Å²) in [6.45, 7) is 4.44. The number of aromatic nitrogens is 1. The molecule has 8 nitrogen and oxygen atoms in total. The number of nitrogens with zero attached hydrogens (tertiary/aromatic N) is 3. The number of likely N-dealkylation sites (tertiary alicyclic amines) is 1. The first-order valence-electron chi connectivity index (χ1n) is 11.9. The molecule has 1 saturated carbocycles. The molecule has 3 aliphatic rings. The maximum atomic E-state index is 13.8. The minimum Gasteiger partial charge on any atom is -0.366 e. The molecule has 2 aromatic carbocycles. The van der Waals surface area contributed by atoms with Gasteiger partial charge in [-0.1, -0.05) is 23.4 Å². The van der Waals surface area contributed by atoms with Crippen LogP contribution in [-0.4, -0.2) is 49.4 Å². The van der Waals surface area contributed by atoms with Crippen molar-refractivity contribution >= 4 is 27.1 Å². The molecule has 1 aromatic heterocycles. The van der Waals surface area contributed by atoms with E-state index in [1.807, 2.05) is 19.9 Å². The van der Waals surface area contributed by atoms with E-state index in [2.05, 4.69) is 21.4 Å². The fourth-order valence-electron chi connectivity index (χ4n) is 5.63. The van der Waals surface area contributed by atoms with Crippen LogP contribution in [-0.2, 0) is 14.6 Å². The molecule has 0 spiro atoms. The lowest BCUT2D eigenvalue weighted by Gasteiger charge is -2.30. The largest absolute Gasteiger partial charge is 0.366 e. The van der Waals surface area contributed by atoms with Crippen LogP contribution in [0.3, 0.4) is 0 Å². The van der Waals surface area contributed by atoms with Gasteiger partial charge in [0.15, 0.2) is 9.84 Å². The van der Waals surface area contributed by atoms with Crippen molar-refractivity contribution in [2.75, 3.05) is 23.9 Å². The van der Waals surface area contributed by atoms with Gasteiger partial charge in [0.1, 0.15) is 5.76 Å². The Morgan fingerprint density at radius 1 is 1.11 bits per heavy atom. The Balaban J connectivity index is 1.56. The van der Waals surface area contributed by atoms with E-state index < -0.39 is 21.1 Å². The Kier molecular flexibility index (Phi) is 4.96. The highest BCUT2D eigenvalue weighted by Gasteiger charge is 2.49. The fraction of sp³-hybridized carbons (Fsp3) is 0.385. The third kappa shape index (κ3) is 3.43. The van der Waals surface area contributed by atoms with Crippen molar-refractivity contribution in [2.45, 2.75) is 55.3 Å². The molecule has 1 aliphatic carbocycles. The number of hydrogen-bond acceptors (Lipinski definition) is 7. The van der Waals surface area contributed by atoms with Crippen LogP contribution in [0, 0.1) is 13.8 Å². The van der Waals surface area contributed by atoms with E-state index >= 15 is 0 Å². The van der Waals surface area contributed by atoms with Gasteiger partial charge in [-0.3, -0.25) is 4.79 Å². The second kappa shape index (κ2) is 7.84. The first-order chi connectivity index (χ1) is 16.8. The smallest absolute Gasteiger partial charge is 0.224 e. The molecule has 1 saturated heterocycles. The molecule has 3 heterocycles. The Morgan fingerprint density at radius 2 is 1.86 bits per heavy atom. The van der Waals surface area contributed by atoms with Gasteiger partial charge in [-0.25, -0.2) is 8.42 Å².